The van der Waals surface area contributed by atoms with E-state index in [0.717, 1.165) is 22.3 Å². The summed E-state index contributed by atoms with van der Waals surface area (Å²) in [5, 5.41) is 13.1. The number of nitrogens with two attached hydrogens (primary N) is 1. The Bertz CT molecular complexity index is 871. The van der Waals surface area contributed by atoms with Gasteiger partial charge in [-0.15, -0.1) is 5.10 Å². The minimum absolute atomic E-state index is 0.150. The summed E-state index contributed by atoms with van der Waals surface area (Å²) in [7, 11) is -3.68. The fourth-order valence-electron chi connectivity index (χ4n) is 2.00. The number of benzene rings is 2. The van der Waals surface area contributed by atoms with E-state index in [1.807, 2.05) is 48.5 Å². The molecule has 0 fully saturated rings. The van der Waals surface area contributed by atoms with Gasteiger partial charge < -0.3 is 0 Å². The van der Waals surface area contributed by atoms with Crippen LogP contribution in [0.5, 0.6) is 0 Å². The van der Waals surface area contributed by atoms with Crippen LogP contribution in [-0.4, -0.2) is 23.4 Å². The third-order valence-electron chi connectivity index (χ3n) is 3.01. The van der Waals surface area contributed by atoms with Gasteiger partial charge >= 0.3 is 0 Å². The molecule has 0 spiro atoms. The van der Waals surface area contributed by atoms with Gasteiger partial charge in [-0.25, -0.2) is 9.82 Å². The van der Waals surface area contributed by atoms with Gasteiger partial charge in [0.1, 0.15) is 5.52 Å². The minimum Gasteiger partial charge on any atom is -0.216 e. The minimum atomic E-state index is -3.68. The molecule has 1 heterocycles. The Morgan fingerprint density at radius 3 is 2.52 bits per heavy atom. The van der Waals surface area contributed by atoms with E-state index in [0.29, 0.717) is 0 Å². The molecule has 0 bridgehead atoms. The van der Waals surface area contributed by atoms with Gasteiger partial charge in [0.15, 0.2) is 0 Å². The second kappa shape index (κ2) is 5.24. The number of fused-ring (bicyclic) bond motifs is 1. The van der Waals surface area contributed by atoms with Crippen LogP contribution in [0.1, 0.15) is 5.56 Å². The number of nitrogens with zero attached hydrogens (tertiary/aromatic N) is 3. The zero-order chi connectivity index (χ0) is 14.9. The average Bonchev–Trinajstić information content (AvgIpc) is 2.89. The maximum absolute atomic E-state index is 10.8. The first kappa shape index (κ1) is 13.7. The van der Waals surface area contributed by atoms with Gasteiger partial charge in [-0.05, 0) is 29.8 Å². The molecule has 2 aromatic carbocycles. The van der Waals surface area contributed by atoms with Gasteiger partial charge in [0.2, 0.25) is 0 Å². The highest BCUT2D eigenvalue weighted by Crippen LogP contribution is 2.16. The molecule has 1 aromatic heterocycles. The maximum Gasteiger partial charge on any atom is 0.274 e. The molecule has 0 saturated heterocycles. The highest BCUT2D eigenvalue weighted by atomic mass is 32.2. The van der Waals surface area contributed by atoms with Crippen LogP contribution in [0.2, 0.25) is 0 Å². The Balaban J connectivity index is 1.87. The van der Waals surface area contributed by atoms with Crippen LogP contribution >= 0.6 is 0 Å². The Labute approximate surface area is 121 Å². The highest BCUT2D eigenvalue weighted by molar-refractivity contribution is 7.87. The predicted molar refractivity (Wildman–Crippen MR) is 78.8 cm³/mol. The van der Waals surface area contributed by atoms with Crippen LogP contribution in [-0.2, 0) is 16.8 Å². The number of hydrogen-bond donors (Lipinski definition) is 2. The predicted octanol–water partition coefficient (Wildman–Crippen LogP) is 0.714. The van der Waals surface area contributed by atoms with E-state index in [-0.39, 0.29) is 6.54 Å². The lowest BCUT2D eigenvalue weighted by Gasteiger charge is -2.05. The van der Waals surface area contributed by atoms with Gasteiger partial charge in [-0.3, -0.25) is 0 Å². The highest BCUT2D eigenvalue weighted by Gasteiger charge is 2.06. The van der Waals surface area contributed by atoms with Gasteiger partial charge in [0.05, 0.1) is 11.2 Å². The van der Waals surface area contributed by atoms with Crippen LogP contribution < -0.4 is 9.86 Å². The summed E-state index contributed by atoms with van der Waals surface area (Å²) in [6.45, 7) is 0.150. The molecule has 3 aromatic rings. The van der Waals surface area contributed by atoms with E-state index in [4.69, 9.17) is 5.14 Å². The first-order valence-electron chi connectivity index (χ1n) is 6.20. The molecule has 0 unspecified atom stereocenters. The van der Waals surface area contributed by atoms with Crippen molar-refractivity contribution in [2.45, 2.75) is 6.54 Å². The molecule has 3 N–H and O–H groups in total. The number of rotatable bonds is 4. The lowest BCUT2D eigenvalue weighted by Crippen LogP contribution is -2.30. The fraction of sp³-hybridized carbons (Fsp3) is 0.0769. The van der Waals surface area contributed by atoms with Crippen LogP contribution in [0.3, 0.4) is 0 Å². The third-order valence-corrected chi connectivity index (χ3v) is 3.56. The van der Waals surface area contributed by atoms with Crippen molar-refractivity contribution in [1.82, 2.24) is 19.7 Å². The van der Waals surface area contributed by atoms with E-state index in [1.54, 1.807) is 4.68 Å². The molecule has 0 atom stereocenters. The Hall–Kier alpha value is -2.29. The fourth-order valence-corrected chi connectivity index (χ4v) is 2.37. The maximum atomic E-state index is 10.8. The van der Waals surface area contributed by atoms with Crippen LogP contribution in [0.15, 0.2) is 48.5 Å². The molecule has 21 heavy (non-hydrogen) atoms. The van der Waals surface area contributed by atoms with Gasteiger partial charge in [0, 0.05) is 6.54 Å². The van der Waals surface area contributed by atoms with E-state index < -0.39 is 10.2 Å². The molecule has 7 nitrogen and oxygen atoms in total. The standard InChI is InChI=1S/C13H13N5O2S/c14-21(19,20)15-9-10-5-7-11(8-6-10)18-13-4-2-1-3-12(13)16-17-18/h1-8,15H,9H2,(H2,14,19,20). The SMILES string of the molecule is NS(=O)(=O)NCc1ccc(-n2nnc3ccccc32)cc1. The number of hydrogen-bond acceptors (Lipinski definition) is 4. The molecular formula is C13H13N5O2S. The van der Waals surface area contributed by atoms with Crippen molar-refractivity contribution >= 4 is 21.2 Å². The average molecular weight is 303 g/mol. The lowest BCUT2D eigenvalue weighted by molar-refractivity contribution is 0.583. The zero-order valence-corrected chi connectivity index (χ0v) is 11.8. The number of para-hydroxylation sites is 1. The summed E-state index contributed by atoms with van der Waals surface area (Å²) >= 11 is 0. The quantitative estimate of drug-likeness (QED) is 0.741. The molecule has 0 radical (unpaired) electrons. The topological polar surface area (TPSA) is 103 Å². The molecular weight excluding hydrogens is 290 g/mol. The monoisotopic (exact) mass is 303 g/mol. The molecule has 0 amide bonds. The third kappa shape index (κ3) is 3.07. The van der Waals surface area contributed by atoms with Crippen molar-refractivity contribution in [2.75, 3.05) is 0 Å². The van der Waals surface area contributed by atoms with E-state index in [9.17, 15) is 8.42 Å². The van der Waals surface area contributed by atoms with Crippen molar-refractivity contribution in [3.8, 4) is 5.69 Å². The Kier molecular flexibility index (Phi) is 3.42. The van der Waals surface area contributed by atoms with Crippen LogP contribution in [0, 0.1) is 0 Å². The molecule has 0 aliphatic rings. The Morgan fingerprint density at radius 1 is 1.10 bits per heavy atom. The summed E-state index contributed by atoms with van der Waals surface area (Å²) in [5.41, 5.74) is 3.38. The Morgan fingerprint density at radius 2 is 1.81 bits per heavy atom. The van der Waals surface area contributed by atoms with Gasteiger partial charge in [-0.2, -0.15) is 13.1 Å². The first-order valence-corrected chi connectivity index (χ1v) is 7.75. The molecule has 0 aliphatic heterocycles. The van der Waals surface area contributed by atoms with Crippen molar-refractivity contribution in [2.24, 2.45) is 5.14 Å². The largest absolute Gasteiger partial charge is 0.274 e. The summed E-state index contributed by atoms with van der Waals surface area (Å²) in [6, 6.07) is 15.0. The summed E-state index contributed by atoms with van der Waals surface area (Å²) in [4.78, 5) is 0. The summed E-state index contributed by atoms with van der Waals surface area (Å²) in [6.07, 6.45) is 0. The second-order valence-electron chi connectivity index (χ2n) is 4.52. The molecule has 3 rings (SSSR count). The molecule has 0 saturated carbocycles. The normalized spacial score (nSPS) is 11.9. The molecule has 8 heteroatoms. The molecule has 0 aliphatic carbocycles. The lowest BCUT2D eigenvalue weighted by atomic mass is 10.2. The van der Waals surface area contributed by atoms with E-state index in [2.05, 4.69) is 15.0 Å². The van der Waals surface area contributed by atoms with E-state index in [1.165, 1.54) is 0 Å². The summed E-state index contributed by atoms with van der Waals surface area (Å²) < 4.78 is 25.7. The van der Waals surface area contributed by atoms with Crippen molar-refractivity contribution in [1.29, 1.82) is 0 Å². The van der Waals surface area contributed by atoms with Crippen LogP contribution in [0.4, 0.5) is 0 Å². The second-order valence-corrected chi connectivity index (χ2v) is 5.90. The number of aromatic nitrogens is 3. The van der Waals surface area contributed by atoms with E-state index >= 15 is 0 Å². The molecule has 108 valence electrons. The van der Waals surface area contributed by atoms with Gasteiger partial charge in [0.25, 0.3) is 10.2 Å². The smallest absolute Gasteiger partial charge is 0.216 e. The van der Waals surface area contributed by atoms with Crippen molar-refractivity contribution in [3.05, 3.63) is 54.1 Å². The first-order chi connectivity index (χ1) is 10.0. The van der Waals surface area contributed by atoms with Gasteiger partial charge in [-0.1, -0.05) is 29.5 Å². The van der Waals surface area contributed by atoms with Crippen molar-refractivity contribution in [3.63, 3.8) is 0 Å². The summed E-state index contributed by atoms with van der Waals surface area (Å²) in [5.74, 6) is 0. The zero-order valence-electron chi connectivity index (χ0n) is 11.0. The number of nitrogens with one attached hydrogen (secondary N) is 1. The van der Waals surface area contributed by atoms with Crippen molar-refractivity contribution < 1.29 is 8.42 Å². The van der Waals surface area contributed by atoms with Crippen LogP contribution in [0.25, 0.3) is 16.7 Å².